The Labute approximate surface area is 78.1 Å². The minimum atomic E-state index is 0.784. The molecule has 12 heavy (non-hydrogen) atoms. The SMILES string of the molecule is CCCCC/C=C(\C)C(C)CC. The van der Waals surface area contributed by atoms with Gasteiger partial charge in [0, 0.05) is 0 Å². The highest BCUT2D eigenvalue weighted by atomic mass is 14.0. The zero-order valence-electron chi connectivity index (χ0n) is 9.19. The zero-order chi connectivity index (χ0) is 9.40. The molecule has 72 valence electrons. The molecular weight excluding hydrogens is 144 g/mol. The molecule has 0 rings (SSSR count). The van der Waals surface area contributed by atoms with Crippen molar-refractivity contribution in [2.75, 3.05) is 0 Å². The van der Waals surface area contributed by atoms with E-state index in [-0.39, 0.29) is 0 Å². The molecule has 0 aromatic heterocycles. The Bertz CT molecular complexity index is 122. The van der Waals surface area contributed by atoms with Gasteiger partial charge < -0.3 is 0 Å². The van der Waals surface area contributed by atoms with Crippen LogP contribution in [-0.4, -0.2) is 0 Å². The topological polar surface area (TPSA) is 0 Å². The fraction of sp³-hybridized carbons (Fsp3) is 0.833. The predicted octanol–water partition coefficient (Wildman–Crippen LogP) is 4.56. The van der Waals surface area contributed by atoms with Gasteiger partial charge in [0.2, 0.25) is 0 Å². The van der Waals surface area contributed by atoms with Gasteiger partial charge in [0.1, 0.15) is 0 Å². The van der Waals surface area contributed by atoms with Crippen LogP contribution < -0.4 is 0 Å². The molecule has 0 heterocycles. The highest BCUT2D eigenvalue weighted by Crippen LogP contribution is 2.14. The summed E-state index contributed by atoms with van der Waals surface area (Å²) < 4.78 is 0. The smallest absolute Gasteiger partial charge is 0.0237 e. The van der Waals surface area contributed by atoms with Gasteiger partial charge in [0.15, 0.2) is 0 Å². The second-order valence-electron chi connectivity index (χ2n) is 3.75. The van der Waals surface area contributed by atoms with Crippen LogP contribution in [0, 0.1) is 5.92 Å². The molecule has 0 aliphatic carbocycles. The van der Waals surface area contributed by atoms with E-state index >= 15 is 0 Å². The van der Waals surface area contributed by atoms with Crippen molar-refractivity contribution in [2.45, 2.75) is 59.8 Å². The lowest BCUT2D eigenvalue weighted by Crippen LogP contribution is -1.93. The van der Waals surface area contributed by atoms with Crippen molar-refractivity contribution < 1.29 is 0 Å². The molecule has 0 radical (unpaired) electrons. The van der Waals surface area contributed by atoms with Crippen molar-refractivity contribution in [1.82, 2.24) is 0 Å². The lowest BCUT2D eigenvalue weighted by Gasteiger charge is -2.08. The van der Waals surface area contributed by atoms with Crippen LogP contribution in [0.2, 0.25) is 0 Å². The summed E-state index contributed by atoms with van der Waals surface area (Å²) in [5, 5.41) is 0. The van der Waals surface area contributed by atoms with E-state index in [0.717, 1.165) is 5.92 Å². The van der Waals surface area contributed by atoms with E-state index in [1.165, 1.54) is 32.1 Å². The summed E-state index contributed by atoms with van der Waals surface area (Å²) in [7, 11) is 0. The Morgan fingerprint density at radius 2 is 1.92 bits per heavy atom. The molecule has 0 fully saturated rings. The number of hydrogen-bond donors (Lipinski definition) is 0. The first-order chi connectivity index (χ1) is 5.72. The quantitative estimate of drug-likeness (QED) is 0.403. The van der Waals surface area contributed by atoms with Crippen molar-refractivity contribution in [2.24, 2.45) is 5.92 Å². The monoisotopic (exact) mass is 168 g/mol. The van der Waals surface area contributed by atoms with Crippen LogP contribution in [0.15, 0.2) is 11.6 Å². The second kappa shape index (κ2) is 7.39. The first-order valence-corrected chi connectivity index (χ1v) is 5.39. The second-order valence-corrected chi connectivity index (χ2v) is 3.75. The third-order valence-electron chi connectivity index (χ3n) is 2.66. The van der Waals surface area contributed by atoms with Gasteiger partial charge in [-0.3, -0.25) is 0 Å². The molecule has 0 heteroatoms. The summed E-state index contributed by atoms with van der Waals surface area (Å²) in [6, 6.07) is 0. The molecule has 1 atom stereocenters. The van der Waals surface area contributed by atoms with Crippen LogP contribution >= 0.6 is 0 Å². The largest absolute Gasteiger partial charge is 0.0853 e. The van der Waals surface area contributed by atoms with Gasteiger partial charge in [-0.2, -0.15) is 0 Å². The maximum Gasteiger partial charge on any atom is -0.0237 e. The van der Waals surface area contributed by atoms with Gasteiger partial charge in [-0.05, 0) is 32.1 Å². The molecule has 0 amide bonds. The minimum Gasteiger partial charge on any atom is -0.0853 e. The fourth-order valence-corrected chi connectivity index (χ4v) is 1.25. The maximum atomic E-state index is 2.42. The van der Waals surface area contributed by atoms with Gasteiger partial charge in [-0.25, -0.2) is 0 Å². The van der Waals surface area contributed by atoms with Crippen LogP contribution in [0.5, 0.6) is 0 Å². The minimum absolute atomic E-state index is 0.784. The van der Waals surface area contributed by atoms with Gasteiger partial charge >= 0.3 is 0 Å². The van der Waals surface area contributed by atoms with Gasteiger partial charge in [-0.1, -0.05) is 45.3 Å². The molecule has 0 aliphatic rings. The highest BCUT2D eigenvalue weighted by Gasteiger charge is 1.98. The summed E-state index contributed by atoms with van der Waals surface area (Å²) in [5.41, 5.74) is 1.58. The normalized spacial score (nSPS) is 14.8. The fourth-order valence-electron chi connectivity index (χ4n) is 1.25. The first kappa shape index (κ1) is 11.7. The van der Waals surface area contributed by atoms with E-state index in [9.17, 15) is 0 Å². The molecule has 0 aromatic carbocycles. The molecule has 0 aliphatic heterocycles. The van der Waals surface area contributed by atoms with E-state index < -0.39 is 0 Å². The van der Waals surface area contributed by atoms with E-state index in [4.69, 9.17) is 0 Å². The van der Waals surface area contributed by atoms with E-state index in [2.05, 4.69) is 33.8 Å². The van der Waals surface area contributed by atoms with Crippen LogP contribution in [-0.2, 0) is 0 Å². The van der Waals surface area contributed by atoms with Gasteiger partial charge in [0.05, 0.1) is 0 Å². The van der Waals surface area contributed by atoms with Crippen molar-refractivity contribution in [1.29, 1.82) is 0 Å². The van der Waals surface area contributed by atoms with Crippen LogP contribution in [0.4, 0.5) is 0 Å². The molecule has 0 saturated carbocycles. The number of unbranched alkanes of at least 4 members (excludes halogenated alkanes) is 3. The summed E-state index contributed by atoms with van der Waals surface area (Å²) in [4.78, 5) is 0. The molecule has 1 unspecified atom stereocenters. The molecule has 0 spiro atoms. The van der Waals surface area contributed by atoms with E-state index in [1.807, 2.05) is 0 Å². The maximum absolute atomic E-state index is 2.42. The van der Waals surface area contributed by atoms with Crippen LogP contribution in [0.1, 0.15) is 59.8 Å². The summed E-state index contributed by atoms with van der Waals surface area (Å²) >= 11 is 0. The summed E-state index contributed by atoms with van der Waals surface area (Å²) in [6.45, 7) is 9.09. The number of hydrogen-bond acceptors (Lipinski definition) is 0. The zero-order valence-corrected chi connectivity index (χ0v) is 9.19. The Hall–Kier alpha value is -0.260. The van der Waals surface area contributed by atoms with Gasteiger partial charge in [0.25, 0.3) is 0 Å². The number of allylic oxidation sites excluding steroid dienone is 2. The molecule has 0 N–H and O–H groups in total. The Morgan fingerprint density at radius 3 is 2.42 bits per heavy atom. The lowest BCUT2D eigenvalue weighted by atomic mass is 9.98. The standard InChI is InChI=1S/C12H24/c1-5-7-8-9-10-12(4)11(3)6-2/h10-11H,5-9H2,1-4H3/b12-10+. The number of rotatable bonds is 6. The van der Waals surface area contributed by atoms with Crippen molar-refractivity contribution in [3.8, 4) is 0 Å². The summed E-state index contributed by atoms with van der Waals surface area (Å²) in [6.07, 6.45) is 9.05. The third kappa shape index (κ3) is 5.40. The predicted molar refractivity (Wildman–Crippen MR) is 57.4 cm³/mol. The molecule has 0 saturated heterocycles. The summed E-state index contributed by atoms with van der Waals surface area (Å²) in [5.74, 6) is 0.784. The Morgan fingerprint density at radius 1 is 1.25 bits per heavy atom. The lowest BCUT2D eigenvalue weighted by molar-refractivity contribution is 0.645. The van der Waals surface area contributed by atoms with Gasteiger partial charge in [-0.15, -0.1) is 0 Å². The first-order valence-electron chi connectivity index (χ1n) is 5.39. The van der Waals surface area contributed by atoms with E-state index in [1.54, 1.807) is 5.57 Å². The third-order valence-corrected chi connectivity index (χ3v) is 2.66. The molecular formula is C12H24. The molecule has 0 nitrogen and oxygen atoms in total. The van der Waals surface area contributed by atoms with Crippen molar-refractivity contribution in [3.63, 3.8) is 0 Å². The Kier molecular flexibility index (Phi) is 7.23. The Balaban J connectivity index is 3.54. The van der Waals surface area contributed by atoms with E-state index in [0.29, 0.717) is 0 Å². The van der Waals surface area contributed by atoms with Crippen molar-refractivity contribution in [3.05, 3.63) is 11.6 Å². The average Bonchev–Trinajstić information content (AvgIpc) is 2.10. The molecule has 0 bridgehead atoms. The average molecular weight is 168 g/mol. The highest BCUT2D eigenvalue weighted by molar-refractivity contribution is 5.01. The van der Waals surface area contributed by atoms with Crippen molar-refractivity contribution >= 4 is 0 Å². The van der Waals surface area contributed by atoms with Crippen LogP contribution in [0.25, 0.3) is 0 Å². The molecule has 0 aromatic rings. The van der Waals surface area contributed by atoms with Crippen LogP contribution in [0.3, 0.4) is 0 Å².